The van der Waals surface area contributed by atoms with Gasteiger partial charge in [0, 0.05) is 20.9 Å². The Morgan fingerprint density at radius 3 is 1.93 bits per heavy atom. The van der Waals surface area contributed by atoms with E-state index in [1.165, 1.54) is 0 Å². The summed E-state index contributed by atoms with van der Waals surface area (Å²) in [5.41, 5.74) is 1.92. The zero-order chi connectivity index (χ0) is 18.6. The Hall–Kier alpha value is -1.77. The summed E-state index contributed by atoms with van der Waals surface area (Å²) >= 11 is 1.61. The number of methoxy groups -OCH3 is 2. The van der Waals surface area contributed by atoms with Gasteiger partial charge in [0.1, 0.15) is 0 Å². The van der Waals surface area contributed by atoms with Gasteiger partial charge in [-0.25, -0.2) is 0 Å². The Labute approximate surface area is 162 Å². The van der Waals surface area contributed by atoms with Gasteiger partial charge in [0.05, 0.1) is 40.6 Å². The molecule has 0 bridgehead atoms. The maximum Gasteiger partial charge on any atom is 0.185 e. The molecule has 4 rings (SSSR count). The highest BCUT2D eigenvalue weighted by atomic mass is 32.2. The normalized spacial score (nSPS) is 18.1. The van der Waals surface area contributed by atoms with E-state index >= 15 is 0 Å². The van der Waals surface area contributed by atoms with Gasteiger partial charge in [-0.3, -0.25) is 0 Å². The van der Waals surface area contributed by atoms with Crippen molar-refractivity contribution in [3.8, 4) is 11.5 Å². The Balaban J connectivity index is 1.72. The monoisotopic (exact) mass is 390 g/mol. The van der Waals surface area contributed by atoms with Crippen LogP contribution in [0.2, 0.25) is 0 Å². The van der Waals surface area contributed by atoms with Crippen LogP contribution in [0, 0.1) is 0 Å². The smallest absolute Gasteiger partial charge is 0.185 e. The fraction of sp³-hybridized carbons (Fsp3) is 0.400. The summed E-state index contributed by atoms with van der Waals surface area (Å²) in [5, 5.41) is 0. The molecular formula is C20H22O6S. The molecule has 144 valence electrons. The molecule has 2 aliphatic rings. The van der Waals surface area contributed by atoms with Crippen molar-refractivity contribution in [1.29, 1.82) is 0 Å². The van der Waals surface area contributed by atoms with Gasteiger partial charge in [-0.1, -0.05) is 30.0 Å². The first kappa shape index (κ1) is 18.6. The van der Waals surface area contributed by atoms with Gasteiger partial charge >= 0.3 is 0 Å². The summed E-state index contributed by atoms with van der Waals surface area (Å²) in [6.07, 6.45) is -0.755. The van der Waals surface area contributed by atoms with Crippen molar-refractivity contribution in [3.63, 3.8) is 0 Å². The highest BCUT2D eigenvalue weighted by molar-refractivity contribution is 7.99. The molecule has 2 saturated heterocycles. The van der Waals surface area contributed by atoms with Crippen LogP contribution in [0.5, 0.6) is 11.5 Å². The van der Waals surface area contributed by atoms with E-state index in [-0.39, 0.29) is 6.29 Å². The van der Waals surface area contributed by atoms with E-state index in [1.807, 2.05) is 30.3 Å². The van der Waals surface area contributed by atoms with Crippen LogP contribution in [0.1, 0.15) is 23.7 Å². The Morgan fingerprint density at radius 2 is 1.30 bits per heavy atom. The quantitative estimate of drug-likeness (QED) is 0.740. The highest BCUT2D eigenvalue weighted by Gasteiger charge is 2.26. The minimum atomic E-state index is -0.418. The lowest BCUT2D eigenvalue weighted by molar-refractivity contribution is -0.0463. The van der Waals surface area contributed by atoms with Gasteiger partial charge in [-0.15, -0.1) is 0 Å². The molecule has 2 aromatic carbocycles. The fourth-order valence-electron chi connectivity index (χ4n) is 3.11. The Kier molecular flexibility index (Phi) is 5.85. The standard InChI is InChI=1S/C20H22O6S/c1-21-15-11-14(20-25-9-10-26-20)18(12-16(15)22-2)27-17-6-4-3-5-13(17)19-23-7-8-24-19/h3-6,11-12,19-20H,7-10H2,1-2H3. The molecule has 2 heterocycles. The number of hydrogen-bond acceptors (Lipinski definition) is 7. The van der Waals surface area contributed by atoms with Gasteiger partial charge in [0.2, 0.25) is 0 Å². The molecular weight excluding hydrogens is 368 g/mol. The molecule has 0 radical (unpaired) electrons. The lowest BCUT2D eigenvalue weighted by Gasteiger charge is -2.19. The summed E-state index contributed by atoms with van der Waals surface area (Å²) in [7, 11) is 3.25. The summed E-state index contributed by atoms with van der Waals surface area (Å²) in [4.78, 5) is 2.03. The van der Waals surface area contributed by atoms with Gasteiger partial charge < -0.3 is 28.4 Å². The number of hydrogen-bond donors (Lipinski definition) is 0. The predicted octanol–water partition coefficient (Wildman–Crippen LogP) is 3.95. The Morgan fingerprint density at radius 1 is 0.741 bits per heavy atom. The van der Waals surface area contributed by atoms with E-state index in [0.29, 0.717) is 37.9 Å². The first-order chi connectivity index (χ1) is 13.3. The number of rotatable bonds is 6. The maximum atomic E-state index is 5.74. The van der Waals surface area contributed by atoms with E-state index in [0.717, 1.165) is 20.9 Å². The predicted molar refractivity (Wildman–Crippen MR) is 99.4 cm³/mol. The van der Waals surface area contributed by atoms with Crippen molar-refractivity contribution in [3.05, 3.63) is 47.5 Å². The summed E-state index contributed by atoms with van der Waals surface area (Å²) in [6.45, 7) is 2.36. The van der Waals surface area contributed by atoms with Crippen LogP contribution in [0.15, 0.2) is 46.2 Å². The van der Waals surface area contributed by atoms with Crippen LogP contribution in [0.3, 0.4) is 0 Å². The van der Waals surface area contributed by atoms with Crippen LogP contribution in [0.4, 0.5) is 0 Å². The van der Waals surface area contributed by atoms with E-state index < -0.39 is 6.29 Å². The van der Waals surface area contributed by atoms with Crippen molar-refractivity contribution in [2.75, 3.05) is 40.6 Å². The lowest BCUT2D eigenvalue weighted by atomic mass is 10.2. The minimum Gasteiger partial charge on any atom is -0.493 e. The van der Waals surface area contributed by atoms with E-state index in [9.17, 15) is 0 Å². The second-order valence-corrected chi connectivity index (χ2v) is 7.12. The topological polar surface area (TPSA) is 55.4 Å². The molecule has 7 heteroatoms. The molecule has 2 fully saturated rings. The van der Waals surface area contributed by atoms with E-state index in [4.69, 9.17) is 28.4 Å². The molecule has 0 N–H and O–H groups in total. The molecule has 2 aliphatic heterocycles. The second-order valence-electron chi connectivity index (χ2n) is 6.03. The van der Waals surface area contributed by atoms with Crippen LogP contribution in [0.25, 0.3) is 0 Å². The third-order valence-corrected chi connectivity index (χ3v) is 5.57. The summed E-state index contributed by atoms with van der Waals surface area (Å²) < 4.78 is 33.8. The third kappa shape index (κ3) is 3.93. The largest absolute Gasteiger partial charge is 0.493 e. The van der Waals surface area contributed by atoms with Crippen LogP contribution in [-0.4, -0.2) is 40.6 Å². The molecule has 0 spiro atoms. The van der Waals surface area contributed by atoms with Crippen LogP contribution >= 0.6 is 11.8 Å². The second kappa shape index (κ2) is 8.50. The van der Waals surface area contributed by atoms with Crippen molar-refractivity contribution in [2.24, 2.45) is 0 Å². The molecule has 27 heavy (non-hydrogen) atoms. The van der Waals surface area contributed by atoms with Gasteiger partial charge in [-0.2, -0.15) is 0 Å². The molecule has 6 nitrogen and oxygen atoms in total. The molecule has 0 aliphatic carbocycles. The van der Waals surface area contributed by atoms with Crippen molar-refractivity contribution in [2.45, 2.75) is 22.4 Å². The van der Waals surface area contributed by atoms with E-state index in [2.05, 4.69) is 6.07 Å². The van der Waals surface area contributed by atoms with Gasteiger partial charge in [0.25, 0.3) is 0 Å². The zero-order valence-corrected chi connectivity index (χ0v) is 16.1. The molecule has 0 saturated carbocycles. The summed E-state index contributed by atoms with van der Waals surface area (Å²) in [5.74, 6) is 1.30. The average Bonchev–Trinajstić information content (AvgIpc) is 3.42. The van der Waals surface area contributed by atoms with E-state index in [1.54, 1.807) is 26.0 Å². The maximum absolute atomic E-state index is 5.74. The molecule has 0 atom stereocenters. The van der Waals surface area contributed by atoms with Crippen LogP contribution in [-0.2, 0) is 18.9 Å². The molecule has 0 aromatic heterocycles. The van der Waals surface area contributed by atoms with Gasteiger partial charge in [0.15, 0.2) is 24.1 Å². The fourth-order valence-corrected chi connectivity index (χ4v) is 4.22. The Bertz CT molecular complexity index is 784. The van der Waals surface area contributed by atoms with Crippen LogP contribution < -0.4 is 9.47 Å². The van der Waals surface area contributed by atoms with Crippen molar-refractivity contribution < 1.29 is 28.4 Å². The minimum absolute atomic E-state index is 0.337. The first-order valence-electron chi connectivity index (χ1n) is 8.79. The lowest BCUT2D eigenvalue weighted by Crippen LogP contribution is -2.04. The SMILES string of the molecule is COc1cc(Sc2ccccc2C2OCCO2)c(C2OCCO2)cc1OC. The molecule has 2 aromatic rings. The highest BCUT2D eigenvalue weighted by Crippen LogP contribution is 2.44. The van der Waals surface area contributed by atoms with Gasteiger partial charge in [-0.05, 0) is 18.2 Å². The first-order valence-corrected chi connectivity index (χ1v) is 9.61. The molecule has 0 unspecified atom stereocenters. The number of ether oxygens (including phenoxy) is 6. The third-order valence-electron chi connectivity index (χ3n) is 4.41. The summed E-state index contributed by atoms with van der Waals surface area (Å²) in [6, 6.07) is 12.0. The van der Waals surface area contributed by atoms with Crippen molar-refractivity contribution >= 4 is 11.8 Å². The number of benzene rings is 2. The average molecular weight is 390 g/mol. The zero-order valence-electron chi connectivity index (χ0n) is 15.3. The molecule has 0 amide bonds. The van der Waals surface area contributed by atoms with Crippen molar-refractivity contribution in [1.82, 2.24) is 0 Å².